The third-order valence-electron chi connectivity index (χ3n) is 3.83. The highest BCUT2D eigenvalue weighted by molar-refractivity contribution is 14.0. The van der Waals surface area contributed by atoms with Crippen LogP contribution in [0.3, 0.4) is 0 Å². The number of nitrogens with one attached hydrogen (secondary N) is 2. The fraction of sp³-hybridized carbons (Fsp3) is 0.389. The van der Waals surface area contributed by atoms with E-state index in [4.69, 9.17) is 4.74 Å². The van der Waals surface area contributed by atoms with Crippen molar-refractivity contribution < 1.29 is 4.74 Å². The van der Waals surface area contributed by atoms with Crippen molar-refractivity contribution in [1.29, 1.82) is 0 Å². The van der Waals surface area contributed by atoms with E-state index in [-0.39, 0.29) is 24.0 Å². The molecule has 0 saturated carbocycles. The van der Waals surface area contributed by atoms with E-state index in [9.17, 15) is 0 Å². The molecule has 0 spiro atoms. The van der Waals surface area contributed by atoms with Gasteiger partial charge >= 0.3 is 0 Å². The van der Waals surface area contributed by atoms with Crippen molar-refractivity contribution in [3.05, 3.63) is 51.7 Å². The van der Waals surface area contributed by atoms with Crippen LogP contribution in [0.2, 0.25) is 0 Å². The van der Waals surface area contributed by atoms with E-state index in [0.29, 0.717) is 5.92 Å². The molecule has 24 heavy (non-hydrogen) atoms. The number of guanidine groups is 1. The first-order chi connectivity index (χ1) is 11.1. The van der Waals surface area contributed by atoms with Gasteiger partial charge in [-0.1, -0.05) is 19.1 Å². The number of thiophene rings is 1. The summed E-state index contributed by atoms with van der Waals surface area (Å²) in [5.74, 6) is 2.20. The minimum Gasteiger partial charge on any atom is -0.496 e. The Morgan fingerprint density at radius 1 is 1.29 bits per heavy atom. The molecule has 0 aliphatic heterocycles. The molecule has 0 amide bonds. The number of hydrogen-bond acceptors (Lipinski definition) is 3. The molecule has 0 fully saturated rings. The summed E-state index contributed by atoms with van der Waals surface area (Å²) in [6.45, 7) is 5.86. The highest BCUT2D eigenvalue weighted by Gasteiger charge is 2.07. The zero-order valence-corrected chi connectivity index (χ0v) is 17.8. The van der Waals surface area contributed by atoms with E-state index < -0.39 is 0 Å². The van der Waals surface area contributed by atoms with Crippen LogP contribution in [0.25, 0.3) is 0 Å². The van der Waals surface area contributed by atoms with Crippen LogP contribution in [0.5, 0.6) is 5.75 Å². The summed E-state index contributed by atoms with van der Waals surface area (Å²) in [6.07, 6.45) is 0. The Morgan fingerprint density at radius 3 is 2.67 bits per heavy atom. The number of aryl methyl sites for hydroxylation is 1. The lowest BCUT2D eigenvalue weighted by atomic mass is 10.1. The van der Waals surface area contributed by atoms with Crippen molar-refractivity contribution in [2.75, 3.05) is 20.7 Å². The smallest absolute Gasteiger partial charge is 0.191 e. The van der Waals surface area contributed by atoms with Crippen LogP contribution in [-0.4, -0.2) is 26.7 Å². The summed E-state index contributed by atoms with van der Waals surface area (Å²) in [5.41, 5.74) is 3.71. The molecular formula is C18H26IN3OS. The molecule has 0 aliphatic rings. The van der Waals surface area contributed by atoms with E-state index >= 15 is 0 Å². The SMILES string of the molecule is CN=C(NCc1ccc(OC)c(C)c1)NCC(C)c1ccsc1.I. The van der Waals surface area contributed by atoms with Crippen molar-refractivity contribution in [3.63, 3.8) is 0 Å². The first-order valence-electron chi connectivity index (χ1n) is 7.74. The summed E-state index contributed by atoms with van der Waals surface area (Å²) in [6, 6.07) is 8.38. The van der Waals surface area contributed by atoms with Gasteiger partial charge < -0.3 is 15.4 Å². The number of hydrogen-bond donors (Lipinski definition) is 2. The quantitative estimate of drug-likeness (QED) is 0.388. The Balaban J connectivity index is 0.00000288. The third kappa shape index (κ3) is 5.98. The average molecular weight is 459 g/mol. The summed E-state index contributed by atoms with van der Waals surface area (Å²) in [4.78, 5) is 4.28. The van der Waals surface area contributed by atoms with Gasteiger partial charge in [0.1, 0.15) is 5.75 Å². The molecule has 1 aromatic heterocycles. The molecule has 0 bridgehead atoms. The molecule has 1 unspecified atom stereocenters. The van der Waals surface area contributed by atoms with E-state index in [2.05, 4.69) is 58.4 Å². The highest BCUT2D eigenvalue weighted by Crippen LogP contribution is 2.18. The zero-order chi connectivity index (χ0) is 16.7. The second-order valence-corrected chi connectivity index (χ2v) is 6.35. The Morgan fingerprint density at radius 2 is 2.08 bits per heavy atom. The lowest BCUT2D eigenvalue weighted by Gasteiger charge is -2.16. The van der Waals surface area contributed by atoms with E-state index in [1.165, 1.54) is 11.1 Å². The normalized spacial score (nSPS) is 12.2. The van der Waals surface area contributed by atoms with Crippen LogP contribution in [-0.2, 0) is 6.54 Å². The number of nitrogens with zero attached hydrogens (tertiary/aromatic N) is 1. The van der Waals surface area contributed by atoms with Gasteiger partial charge in [0.15, 0.2) is 5.96 Å². The molecule has 0 radical (unpaired) electrons. The number of rotatable bonds is 6. The Labute approximate surface area is 165 Å². The monoisotopic (exact) mass is 459 g/mol. The zero-order valence-electron chi connectivity index (χ0n) is 14.6. The van der Waals surface area contributed by atoms with Crippen molar-refractivity contribution >= 4 is 41.3 Å². The van der Waals surface area contributed by atoms with Gasteiger partial charge in [-0.25, -0.2) is 0 Å². The van der Waals surface area contributed by atoms with Crippen molar-refractivity contribution in [1.82, 2.24) is 10.6 Å². The highest BCUT2D eigenvalue weighted by atomic mass is 127. The van der Waals surface area contributed by atoms with Crippen molar-refractivity contribution in [2.45, 2.75) is 26.3 Å². The Kier molecular flexibility index (Phi) is 9.13. The van der Waals surface area contributed by atoms with Gasteiger partial charge in [-0.3, -0.25) is 4.99 Å². The number of aliphatic imine (C=N–C) groups is 1. The number of methoxy groups -OCH3 is 1. The van der Waals surface area contributed by atoms with Crippen LogP contribution in [0, 0.1) is 6.92 Å². The maximum absolute atomic E-state index is 5.29. The largest absolute Gasteiger partial charge is 0.496 e. The van der Waals surface area contributed by atoms with Crippen molar-refractivity contribution in [2.24, 2.45) is 4.99 Å². The van der Waals surface area contributed by atoms with Crippen molar-refractivity contribution in [3.8, 4) is 5.75 Å². The van der Waals surface area contributed by atoms with Gasteiger partial charge in [0.05, 0.1) is 7.11 Å². The molecule has 4 nitrogen and oxygen atoms in total. The third-order valence-corrected chi connectivity index (χ3v) is 4.53. The van der Waals surface area contributed by atoms with Gasteiger partial charge in [-0.2, -0.15) is 11.3 Å². The maximum atomic E-state index is 5.29. The molecule has 1 heterocycles. The van der Waals surface area contributed by atoms with Crippen LogP contribution in [0.1, 0.15) is 29.5 Å². The van der Waals surface area contributed by atoms with E-state index in [0.717, 1.165) is 30.4 Å². The van der Waals surface area contributed by atoms with Gasteiger partial charge in [-0.05, 0) is 52.4 Å². The molecular weight excluding hydrogens is 433 g/mol. The molecule has 1 aromatic carbocycles. The fourth-order valence-corrected chi connectivity index (χ4v) is 3.16. The Bertz CT molecular complexity index is 644. The van der Waals surface area contributed by atoms with Gasteiger partial charge in [-0.15, -0.1) is 24.0 Å². The van der Waals surface area contributed by atoms with Crippen LogP contribution in [0.15, 0.2) is 40.0 Å². The molecule has 2 rings (SSSR count). The first kappa shape index (κ1) is 20.8. The minimum atomic E-state index is 0. The lowest BCUT2D eigenvalue weighted by Crippen LogP contribution is -2.38. The molecule has 2 aromatic rings. The van der Waals surface area contributed by atoms with Crippen LogP contribution >= 0.6 is 35.3 Å². The van der Waals surface area contributed by atoms with E-state index in [1.807, 2.05) is 6.07 Å². The predicted molar refractivity (Wildman–Crippen MR) is 114 cm³/mol. The molecule has 1 atom stereocenters. The average Bonchev–Trinajstić information content (AvgIpc) is 3.09. The summed E-state index contributed by atoms with van der Waals surface area (Å²) < 4.78 is 5.29. The number of halogens is 1. The molecule has 0 aliphatic carbocycles. The molecule has 132 valence electrons. The summed E-state index contributed by atoms with van der Waals surface area (Å²) >= 11 is 1.74. The number of ether oxygens (including phenoxy) is 1. The standard InChI is InChI=1S/C18H25N3OS.HI/c1-13-9-15(5-6-17(13)22-4)11-21-18(19-3)20-10-14(2)16-7-8-23-12-16;/h5-9,12,14H,10-11H2,1-4H3,(H2,19,20,21);1H. The molecule has 2 N–H and O–H groups in total. The molecule has 0 saturated heterocycles. The summed E-state index contributed by atoms with van der Waals surface area (Å²) in [5, 5.41) is 11.0. The molecule has 6 heteroatoms. The van der Waals surface area contributed by atoms with Crippen LogP contribution in [0.4, 0.5) is 0 Å². The first-order valence-corrected chi connectivity index (χ1v) is 8.68. The predicted octanol–water partition coefficient (Wildman–Crippen LogP) is 4.15. The lowest BCUT2D eigenvalue weighted by molar-refractivity contribution is 0.411. The fourth-order valence-electron chi connectivity index (χ4n) is 2.38. The topological polar surface area (TPSA) is 45.7 Å². The number of benzene rings is 1. The van der Waals surface area contributed by atoms with Crippen LogP contribution < -0.4 is 15.4 Å². The maximum Gasteiger partial charge on any atom is 0.191 e. The minimum absolute atomic E-state index is 0. The second-order valence-electron chi connectivity index (χ2n) is 5.57. The van der Waals surface area contributed by atoms with Gasteiger partial charge in [0.2, 0.25) is 0 Å². The Hall–Kier alpha value is -1.28. The second kappa shape index (κ2) is 10.6. The van der Waals surface area contributed by atoms with Gasteiger partial charge in [0, 0.05) is 20.1 Å². The summed E-state index contributed by atoms with van der Waals surface area (Å²) in [7, 11) is 3.49. The van der Waals surface area contributed by atoms with Gasteiger partial charge in [0.25, 0.3) is 0 Å². The van der Waals surface area contributed by atoms with E-state index in [1.54, 1.807) is 25.5 Å².